The predicted octanol–water partition coefficient (Wildman–Crippen LogP) is 6.25. The second kappa shape index (κ2) is 18.4. The van der Waals surface area contributed by atoms with Crippen molar-refractivity contribution in [1.29, 1.82) is 0 Å². The number of aromatic nitrogens is 1. The molecule has 1 aliphatic heterocycles. The zero-order valence-corrected chi connectivity index (χ0v) is 33.3. The Hall–Kier alpha value is -5.54. The summed E-state index contributed by atoms with van der Waals surface area (Å²) < 4.78 is 0.522. The van der Waals surface area contributed by atoms with Gasteiger partial charge in [0.25, 0.3) is 0 Å². The van der Waals surface area contributed by atoms with Gasteiger partial charge in [0.15, 0.2) is 0 Å². The molecule has 1 aromatic heterocycles. The molecule has 2 heterocycles. The number of anilines is 2. The third-order valence-corrected chi connectivity index (χ3v) is 12.3. The van der Waals surface area contributed by atoms with Crippen LogP contribution in [0.4, 0.5) is 16.2 Å². The highest BCUT2D eigenvalue weighted by atomic mass is 32.1. The van der Waals surface area contributed by atoms with Crippen LogP contribution in [0.15, 0.2) is 95.8 Å². The van der Waals surface area contributed by atoms with Crippen LogP contribution in [0.2, 0.25) is 0 Å². The first-order valence-electron chi connectivity index (χ1n) is 19.8. The van der Waals surface area contributed by atoms with E-state index >= 15 is 0 Å². The number of carbonyl (C=O) groups is 3. The fourth-order valence-electron chi connectivity index (χ4n) is 8.55. The van der Waals surface area contributed by atoms with E-state index in [-0.39, 0.29) is 41.4 Å². The van der Waals surface area contributed by atoms with Crippen molar-refractivity contribution in [3.8, 4) is 16.9 Å². The summed E-state index contributed by atoms with van der Waals surface area (Å²) in [6.45, 7) is 3.48. The van der Waals surface area contributed by atoms with Gasteiger partial charge in [0.1, 0.15) is 11.3 Å². The lowest BCUT2D eigenvalue weighted by Crippen LogP contribution is -2.40. The Balaban J connectivity index is 0.805. The number of fused-ring (bicyclic) bond motifs is 2. The Morgan fingerprint density at radius 1 is 0.948 bits per heavy atom. The van der Waals surface area contributed by atoms with Crippen LogP contribution in [0.1, 0.15) is 49.3 Å². The number of likely N-dealkylation sites (tertiary alicyclic amines) is 1. The fourth-order valence-corrected chi connectivity index (χ4v) is 9.47. The summed E-state index contributed by atoms with van der Waals surface area (Å²) in [5, 5.41) is 37.3. The number of aromatic hydroxyl groups is 1. The molecule has 1 unspecified atom stereocenters. The molecule has 0 spiro atoms. The van der Waals surface area contributed by atoms with E-state index in [1.807, 2.05) is 78.9 Å². The van der Waals surface area contributed by atoms with Crippen LogP contribution in [0, 0.1) is 11.8 Å². The van der Waals surface area contributed by atoms with Crippen molar-refractivity contribution in [2.45, 2.75) is 50.8 Å². The monoisotopic (exact) mass is 806 g/mol. The Labute approximate surface area is 340 Å². The van der Waals surface area contributed by atoms with Gasteiger partial charge in [-0.3, -0.25) is 19.3 Å². The largest absolute Gasteiger partial charge is 0.506 e. The molecule has 2 aliphatic rings. The fraction of sp³-hybridized carbons (Fsp3) is 0.364. The van der Waals surface area contributed by atoms with Crippen LogP contribution in [-0.2, 0) is 16.1 Å². The Bertz CT molecular complexity index is 2280. The van der Waals surface area contributed by atoms with E-state index in [4.69, 9.17) is 0 Å². The molecular formula is C44H50N6O7S. The molecule has 5 aromatic rings. The van der Waals surface area contributed by atoms with Crippen LogP contribution in [0.3, 0.4) is 0 Å². The first-order chi connectivity index (χ1) is 28.0. The van der Waals surface area contributed by atoms with Gasteiger partial charge in [-0.05, 0) is 66.5 Å². The zero-order valence-electron chi connectivity index (χ0n) is 32.5. The third kappa shape index (κ3) is 9.59. The van der Waals surface area contributed by atoms with Crippen molar-refractivity contribution in [3.05, 3.63) is 112 Å². The van der Waals surface area contributed by atoms with E-state index in [2.05, 4.69) is 20.5 Å². The number of rotatable bonds is 16. The molecular weight excluding hydrogens is 757 g/mol. The highest BCUT2D eigenvalue weighted by molar-refractivity contribution is 7.16. The number of H-pyrrole nitrogens is 1. The number of hydrogen-bond donors (Lipinski definition) is 6. The van der Waals surface area contributed by atoms with E-state index in [1.165, 1.54) is 6.07 Å². The topological polar surface area (TPSA) is 179 Å². The van der Waals surface area contributed by atoms with Gasteiger partial charge in [0.2, 0.25) is 11.8 Å². The number of nitrogens with zero attached hydrogens (tertiary/aromatic N) is 3. The van der Waals surface area contributed by atoms with Crippen LogP contribution in [0.5, 0.6) is 5.75 Å². The zero-order chi connectivity index (χ0) is 40.8. The molecule has 1 saturated carbocycles. The number of hydrogen-bond acceptors (Lipinski definition) is 9. The van der Waals surface area contributed by atoms with Gasteiger partial charge in [-0.2, -0.15) is 0 Å². The van der Waals surface area contributed by atoms with Crippen molar-refractivity contribution in [2.75, 3.05) is 50.0 Å². The lowest BCUT2D eigenvalue weighted by molar-refractivity contribution is -0.130. The van der Waals surface area contributed by atoms with Crippen molar-refractivity contribution >= 4 is 50.8 Å². The van der Waals surface area contributed by atoms with Gasteiger partial charge in [0.05, 0.1) is 16.5 Å². The van der Waals surface area contributed by atoms with Crippen LogP contribution < -0.4 is 20.4 Å². The minimum absolute atomic E-state index is 0.0361. The Morgan fingerprint density at radius 2 is 1.69 bits per heavy atom. The molecule has 13 nitrogen and oxygen atoms in total. The molecule has 4 atom stereocenters. The van der Waals surface area contributed by atoms with Crippen molar-refractivity contribution < 1.29 is 29.7 Å². The average Bonchev–Trinajstić information content (AvgIpc) is 3.91. The van der Waals surface area contributed by atoms with Gasteiger partial charge < -0.3 is 40.7 Å². The standard InChI is InChI=1S/C44H50N6O7S/c1-48(19-8-15-39(53)46-32-12-7-9-28(21-32)24-45-25-38(52)35-16-17-37(51)41-42(35)58-43(55)47-41)40(54)18-20-49-26-30-22-33(23-31(30)27-49)50(44(56)57)36-14-6-5-13-34(36)29-10-3-2-4-11-29/h2-7,9-14,16-17,21,30-31,33,38,45,51-52H,8,15,18-20,22-27H2,1H3,(H,46,53)(H,47,55)(H,56,57)/t30-,31+,33?,38-/m0/s1. The summed E-state index contributed by atoms with van der Waals surface area (Å²) in [6, 6.07) is 28.0. The van der Waals surface area contributed by atoms with Crippen molar-refractivity contribution in [2.24, 2.45) is 11.8 Å². The van der Waals surface area contributed by atoms with Gasteiger partial charge >= 0.3 is 11.0 Å². The Morgan fingerprint density at radius 3 is 2.45 bits per heavy atom. The van der Waals surface area contributed by atoms with E-state index < -0.39 is 12.2 Å². The summed E-state index contributed by atoms with van der Waals surface area (Å²) in [5.41, 5.74) is 5.05. The maximum atomic E-state index is 13.0. The minimum Gasteiger partial charge on any atom is -0.506 e. The van der Waals surface area contributed by atoms with Crippen LogP contribution in [0.25, 0.3) is 21.3 Å². The number of phenolic OH excluding ortho intramolecular Hbond substituents is 1. The lowest BCUT2D eigenvalue weighted by Gasteiger charge is -2.30. The van der Waals surface area contributed by atoms with Crippen LogP contribution >= 0.6 is 11.3 Å². The number of aliphatic hydroxyl groups is 1. The number of carbonyl (C=O) groups excluding carboxylic acids is 2. The third-order valence-electron chi connectivity index (χ3n) is 11.4. The lowest BCUT2D eigenvalue weighted by atomic mass is 10.0. The second-order valence-corrected chi connectivity index (χ2v) is 16.4. The average molecular weight is 807 g/mol. The minimum atomic E-state index is -0.933. The van der Waals surface area contributed by atoms with Gasteiger partial charge in [-0.15, -0.1) is 0 Å². The number of nitrogens with one attached hydrogen (secondary N) is 3. The summed E-state index contributed by atoms with van der Waals surface area (Å²) in [6.07, 6.45) is 0.937. The molecule has 4 aromatic carbocycles. The maximum absolute atomic E-state index is 13.0. The molecule has 6 N–H and O–H groups in total. The number of thiazole rings is 1. The molecule has 58 heavy (non-hydrogen) atoms. The number of benzene rings is 4. The number of amides is 3. The van der Waals surface area contributed by atoms with Crippen molar-refractivity contribution in [1.82, 2.24) is 20.1 Å². The molecule has 3 amide bonds. The number of aromatic amines is 1. The number of para-hydroxylation sites is 1. The summed E-state index contributed by atoms with van der Waals surface area (Å²) in [5.74, 6) is 0.619. The number of phenols is 1. The van der Waals surface area contributed by atoms with Gasteiger partial charge in [-0.25, -0.2) is 4.79 Å². The van der Waals surface area contributed by atoms with E-state index in [9.17, 15) is 34.5 Å². The Kier molecular flexibility index (Phi) is 12.9. The molecule has 7 rings (SSSR count). The summed E-state index contributed by atoms with van der Waals surface area (Å²) in [7, 11) is 1.77. The van der Waals surface area contributed by atoms with Crippen molar-refractivity contribution in [3.63, 3.8) is 0 Å². The first-order valence-corrected chi connectivity index (χ1v) is 20.6. The number of aliphatic hydroxyl groups excluding tert-OH is 1. The van der Waals surface area contributed by atoms with Gasteiger partial charge in [-0.1, -0.05) is 78.1 Å². The highest BCUT2D eigenvalue weighted by Gasteiger charge is 2.44. The van der Waals surface area contributed by atoms with E-state index in [0.29, 0.717) is 65.8 Å². The highest BCUT2D eigenvalue weighted by Crippen LogP contribution is 2.43. The quantitative estimate of drug-likeness (QED) is 0.0673. The van der Waals surface area contributed by atoms with E-state index in [1.54, 1.807) is 22.9 Å². The summed E-state index contributed by atoms with van der Waals surface area (Å²) >= 11 is 0.942. The first kappa shape index (κ1) is 40.6. The number of carboxylic acid groups (broad SMARTS) is 1. The molecule has 2 fully saturated rings. The molecule has 0 bridgehead atoms. The normalized spacial score (nSPS) is 18.2. The maximum Gasteiger partial charge on any atom is 0.412 e. The molecule has 1 saturated heterocycles. The summed E-state index contributed by atoms with van der Waals surface area (Å²) in [4.78, 5) is 58.2. The van der Waals surface area contributed by atoms with Crippen LogP contribution in [-0.4, -0.2) is 93.8 Å². The smallest absolute Gasteiger partial charge is 0.412 e. The van der Waals surface area contributed by atoms with E-state index in [0.717, 1.165) is 59.6 Å². The molecule has 304 valence electrons. The molecule has 1 aliphatic carbocycles. The second-order valence-electron chi connectivity index (χ2n) is 15.4. The molecule has 14 heteroatoms. The predicted molar refractivity (Wildman–Crippen MR) is 226 cm³/mol. The SMILES string of the molecule is CN(CCCC(=O)Nc1cccc(CNC[C@H](O)c2ccc(O)c3[nH]c(=O)sc23)c1)C(=O)CCN1C[C@H]2CC(N(C(=O)O)c3ccccc3-c3ccccc3)C[C@H]2C1. The molecule has 0 radical (unpaired) electrons. The van der Waals surface area contributed by atoms with Gasteiger partial charge in [0, 0.05) is 82.0 Å².